The number of unbranched alkanes of at least 4 members (excludes halogenated alkanes) is 2. The lowest BCUT2D eigenvalue weighted by Gasteiger charge is -2.18. The van der Waals surface area contributed by atoms with Crippen LogP contribution in [0.1, 0.15) is 46.0 Å². The van der Waals surface area contributed by atoms with Gasteiger partial charge in [0.15, 0.2) is 0 Å². The van der Waals surface area contributed by atoms with Gasteiger partial charge in [-0.1, -0.05) is 26.7 Å². The Balaban J connectivity index is 2.36. The fraction of sp³-hybridized carbons (Fsp3) is 0.643. The second-order valence-electron chi connectivity index (χ2n) is 4.61. The topological polar surface area (TPSA) is 63.7 Å². The Kier molecular flexibility index (Phi) is 6.25. The van der Waals surface area contributed by atoms with E-state index in [4.69, 9.17) is 4.74 Å². The number of hydrogen-bond donors (Lipinski definition) is 0. The standard InChI is InChI=1S/C14H21NO4/c1-3-5-6-7-11(4-2)19-14(18)10-15-12(16)8-9-13(15)17/h8-9,11H,3-7,10H2,1-2H3. The van der Waals surface area contributed by atoms with E-state index in [1.807, 2.05) is 6.92 Å². The Hall–Kier alpha value is -1.65. The van der Waals surface area contributed by atoms with E-state index >= 15 is 0 Å². The van der Waals surface area contributed by atoms with Crippen LogP contribution in [0.4, 0.5) is 0 Å². The van der Waals surface area contributed by atoms with E-state index in [2.05, 4.69) is 6.92 Å². The molecule has 1 atom stereocenters. The van der Waals surface area contributed by atoms with Crippen molar-refractivity contribution in [1.29, 1.82) is 0 Å². The summed E-state index contributed by atoms with van der Waals surface area (Å²) in [6.45, 7) is 3.77. The zero-order valence-electron chi connectivity index (χ0n) is 11.6. The zero-order valence-corrected chi connectivity index (χ0v) is 11.6. The normalized spacial score (nSPS) is 16.0. The fourth-order valence-electron chi connectivity index (χ4n) is 1.91. The van der Waals surface area contributed by atoms with E-state index < -0.39 is 17.8 Å². The van der Waals surface area contributed by atoms with Gasteiger partial charge in [-0.15, -0.1) is 0 Å². The van der Waals surface area contributed by atoms with Crippen LogP contribution in [0.2, 0.25) is 0 Å². The molecule has 19 heavy (non-hydrogen) atoms. The van der Waals surface area contributed by atoms with Gasteiger partial charge in [-0.05, 0) is 19.3 Å². The van der Waals surface area contributed by atoms with Gasteiger partial charge in [0.05, 0.1) is 0 Å². The van der Waals surface area contributed by atoms with Gasteiger partial charge in [-0.2, -0.15) is 0 Å². The minimum atomic E-state index is -0.520. The molecule has 1 unspecified atom stereocenters. The fourth-order valence-corrected chi connectivity index (χ4v) is 1.91. The summed E-state index contributed by atoms with van der Waals surface area (Å²) in [5, 5.41) is 0. The highest BCUT2D eigenvalue weighted by molar-refractivity contribution is 6.14. The van der Waals surface area contributed by atoms with Crippen molar-refractivity contribution in [3.8, 4) is 0 Å². The first kappa shape index (κ1) is 15.4. The maximum absolute atomic E-state index is 11.7. The van der Waals surface area contributed by atoms with Crippen LogP contribution in [0.5, 0.6) is 0 Å². The smallest absolute Gasteiger partial charge is 0.326 e. The van der Waals surface area contributed by atoms with Gasteiger partial charge in [0, 0.05) is 12.2 Å². The molecule has 2 amide bonds. The summed E-state index contributed by atoms with van der Waals surface area (Å²) >= 11 is 0. The largest absolute Gasteiger partial charge is 0.461 e. The maximum Gasteiger partial charge on any atom is 0.326 e. The Labute approximate surface area is 113 Å². The van der Waals surface area contributed by atoms with Crippen LogP contribution in [-0.4, -0.2) is 35.3 Å². The van der Waals surface area contributed by atoms with Crippen LogP contribution < -0.4 is 0 Å². The summed E-state index contributed by atoms with van der Waals surface area (Å²) in [6, 6.07) is 0. The van der Waals surface area contributed by atoms with Crippen molar-refractivity contribution in [1.82, 2.24) is 4.90 Å². The van der Waals surface area contributed by atoms with Crippen LogP contribution in [-0.2, 0) is 19.1 Å². The highest BCUT2D eigenvalue weighted by Gasteiger charge is 2.27. The second kappa shape index (κ2) is 7.71. The van der Waals surface area contributed by atoms with Gasteiger partial charge in [0.25, 0.3) is 11.8 Å². The van der Waals surface area contributed by atoms with Crippen molar-refractivity contribution in [2.24, 2.45) is 0 Å². The van der Waals surface area contributed by atoms with Crippen molar-refractivity contribution in [2.45, 2.75) is 52.1 Å². The number of carbonyl (C=O) groups excluding carboxylic acids is 3. The van der Waals surface area contributed by atoms with E-state index in [1.54, 1.807) is 0 Å². The maximum atomic E-state index is 11.7. The number of nitrogens with zero attached hydrogens (tertiary/aromatic N) is 1. The number of imide groups is 1. The van der Waals surface area contributed by atoms with Crippen molar-refractivity contribution in [2.75, 3.05) is 6.54 Å². The number of hydrogen-bond acceptors (Lipinski definition) is 4. The molecule has 0 fully saturated rings. The van der Waals surface area contributed by atoms with E-state index in [0.29, 0.717) is 0 Å². The summed E-state index contributed by atoms with van der Waals surface area (Å²) in [4.78, 5) is 35.2. The second-order valence-corrected chi connectivity index (χ2v) is 4.61. The molecule has 0 N–H and O–H groups in total. The molecular weight excluding hydrogens is 246 g/mol. The van der Waals surface area contributed by atoms with Gasteiger partial charge < -0.3 is 4.74 Å². The summed E-state index contributed by atoms with van der Waals surface area (Å²) in [5.74, 6) is -1.43. The van der Waals surface area contributed by atoms with Crippen molar-refractivity contribution >= 4 is 17.8 Å². The van der Waals surface area contributed by atoms with Crippen molar-refractivity contribution in [3.63, 3.8) is 0 Å². The quantitative estimate of drug-likeness (QED) is 0.382. The van der Waals surface area contributed by atoms with Gasteiger partial charge in [0.1, 0.15) is 12.6 Å². The Morgan fingerprint density at radius 1 is 1.21 bits per heavy atom. The lowest BCUT2D eigenvalue weighted by molar-refractivity contribution is -0.156. The van der Waals surface area contributed by atoms with Gasteiger partial charge >= 0.3 is 5.97 Å². The van der Waals surface area contributed by atoms with E-state index in [0.717, 1.165) is 49.2 Å². The third-order valence-corrected chi connectivity index (χ3v) is 3.07. The SMILES string of the molecule is CCCCCC(CC)OC(=O)CN1C(=O)C=CC1=O. The molecule has 5 heteroatoms. The molecule has 0 spiro atoms. The first-order valence-corrected chi connectivity index (χ1v) is 6.81. The molecule has 0 saturated heterocycles. The molecule has 0 aromatic carbocycles. The monoisotopic (exact) mass is 267 g/mol. The molecule has 1 rings (SSSR count). The number of amides is 2. The summed E-state index contributed by atoms with van der Waals surface area (Å²) in [5.41, 5.74) is 0. The van der Waals surface area contributed by atoms with E-state index in [-0.39, 0.29) is 12.6 Å². The Morgan fingerprint density at radius 3 is 2.37 bits per heavy atom. The van der Waals surface area contributed by atoms with Crippen LogP contribution in [0.3, 0.4) is 0 Å². The number of ether oxygens (including phenoxy) is 1. The van der Waals surface area contributed by atoms with Gasteiger partial charge in [-0.25, -0.2) is 0 Å². The van der Waals surface area contributed by atoms with E-state index in [9.17, 15) is 14.4 Å². The zero-order chi connectivity index (χ0) is 14.3. The third-order valence-electron chi connectivity index (χ3n) is 3.07. The van der Waals surface area contributed by atoms with Crippen molar-refractivity contribution in [3.05, 3.63) is 12.2 Å². The van der Waals surface area contributed by atoms with Gasteiger partial charge in [0.2, 0.25) is 0 Å². The van der Waals surface area contributed by atoms with Gasteiger partial charge in [-0.3, -0.25) is 19.3 Å². The van der Waals surface area contributed by atoms with Crippen LogP contribution in [0, 0.1) is 0 Å². The summed E-state index contributed by atoms with van der Waals surface area (Å²) < 4.78 is 5.29. The molecule has 0 bridgehead atoms. The lowest BCUT2D eigenvalue weighted by atomic mass is 10.1. The van der Waals surface area contributed by atoms with Crippen LogP contribution >= 0.6 is 0 Å². The first-order valence-electron chi connectivity index (χ1n) is 6.81. The molecule has 5 nitrogen and oxygen atoms in total. The molecule has 0 saturated carbocycles. The molecule has 0 aromatic rings. The highest BCUT2D eigenvalue weighted by atomic mass is 16.5. The molecular formula is C14H21NO4. The molecule has 106 valence electrons. The average molecular weight is 267 g/mol. The number of carbonyl (C=O) groups is 3. The molecule has 1 aliphatic heterocycles. The van der Waals surface area contributed by atoms with Crippen LogP contribution in [0.15, 0.2) is 12.2 Å². The minimum absolute atomic E-state index is 0.125. The number of esters is 1. The Morgan fingerprint density at radius 2 is 1.84 bits per heavy atom. The van der Waals surface area contributed by atoms with Crippen LogP contribution in [0.25, 0.3) is 0 Å². The minimum Gasteiger partial charge on any atom is -0.461 e. The molecule has 0 aliphatic carbocycles. The summed E-state index contributed by atoms with van der Waals surface area (Å²) in [6.07, 6.45) is 7.02. The average Bonchev–Trinajstić information content (AvgIpc) is 2.69. The Bertz CT molecular complexity index is 358. The molecule has 1 heterocycles. The first-order chi connectivity index (χ1) is 9.08. The predicted molar refractivity (Wildman–Crippen MR) is 70.2 cm³/mol. The van der Waals surface area contributed by atoms with Crippen molar-refractivity contribution < 1.29 is 19.1 Å². The predicted octanol–water partition coefficient (Wildman–Crippen LogP) is 1.81. The molecule has 0 radical (unpaired) electrons. The highest BCUT2D eigenvalue weighted by Crippen LogP contribution is 2.11. The number of rotatable bonds is 8. The van der Waals surface area contributed by atoms with E-state index in [1.165, 1.54) is 0 Å². The lowest BCUT2D eigenvalue weighted by Crippen LogP contribution is -2.37. The summed E-state index contributed by atoms with van der Waals surface area (Å²) in [7, 11) is 0. The molecule has 0 aromatic heterocycles. The molecule has 1 aliphatic rings. The third kappa shape index (κ3) is 4.85.